The number of hydrogen-bond donors (Lipinski definition) is 1. The fraction of sp³-hybridized carbons (Fsp3) is 0.346. The van der Waals surface area contributed by atoms with Gasteiger partial charge in [-0.25, -0.2) is 4.39 Å². The molecule has 1 saturated heterocycles. The fourth-order valence-corrected chi connectivity index (χ4v) is 10.0. The maximum Gasteiger partial charge on any atom is 0.416 e. The molecular formula is C26H18F4N2O3S2. The molecule has 2 bridgehead atoms. The molecule has 0 spiro atoms. The van der Waals surface area contributed by atoms with Crippen molar-refractivity contribution < 1.29 is 27.2 Å². The average molecular weight is 547 g/mol. The van der Waals surface area contributed by atoms with E-state index < -0.39 is 35.4 Å². The molecular weight excluding hydrogens is 528 g/mol. The zero-order chi connectivity index (χ0) is 25.8. The topological polar surface area (TPSA) is 70.2 Å². The molecule has 11 heteroatoms. The van der Waals surface area contributed by atoms with Crippen LogP contribution in [0.25, 0.3) is 0 Å². The van der Waals surface area contributed by atoms with Gasteiger partial charge in [0.05, 0.1) is 28.1 Å². The second-order valence-corrected chi connectivity index (χ2v) is 12.3. The van der Waals surface area contributed by atoms with Crippen LogP contribution in [0, 0.1) is 35.4 Å². The molecule has 2 aromatic carbocycles. The van der Waals surface area contributed by atoms with Crippen LogP contribution in [0.1, 0.15) is 28.3 Å². The Morgan fingerprint density at radius 2 is 1.65 bits per heavy atom. The molecule has 4 aliphatic rings. The van der Waals surface area contributed by atoms with Gasteiger partial charge in [0.2, 0.25) is 11.8 Å². The summed E-state index contributed by atoms with van der Waals surface area (Å²) < 4.78 is 53.7. The maximum atomic E-state index is 13.7. The molecule has 37 heavy (non-hydrogen) atoms. The van der Waals surface area contributed by atoms with Crippen LogP contribution in [0.3, 0.4) is 0 Å². The molecule has 190 valence electrons. The molecule has 3 fully saturated rings. The first-order chi connectivity index (χ1) is 17.6. The minimum absolute atomic E-state index is 0.0581. The van der Waals surface area contributed by atoms with Crippen LogP contribution >= 0.6 is 23.1 Å². The van der Waals surface area contributed by atoms with Gasteiger partial charge in [-0.15, -0.1) is 11.8 Å². The molecule has 2 amide bonds. The number of benzene rings is 2. The predicted octanol–water partition coefficient (Wildman–Crippen LogP) is 5.27. The van der Waals surface area contributed by atoms with Crippen molar-refractivity contribution in [2.75, 3.05) is 4.90 Å². The quantitative estimate of drug-likeness (QED) is 0.351. The standard InChI is InChI=1S/C26H18F4N2O3S2/c27-12-6-4-10(5-7-12)16-17-14-9-15(20(17)36-22-21(16)37-25(35)31-22)19-18(14)23(33)32(24(19)34)13-3-1-2-11(8-13)26(28,29)30/h1-8,14-20H,9H2,(H,31,35)/t14-,15+,16+,17+,18+,19+,20-/m0/s1. The van der Waals surface area contributed by atoms with Crippen LogP contribution < -0.4 is 9.77 Å². The number of carbonyl (C=O) groups excluding carboxylic acids is 2. The zero-order valence-corrected chi connectivity index (χ0v) is 20.5. The number of H-pyrrole nitrogens is 1. The fourth-order valence-electron chi connectivity index (χ4n) is 7.14. The van der Waals surface area contributed by atoms with Crippen molar-refractivity contribution in [3.8, 4) is 0 Å². The number of alkyl halides is 3. The van der Waals surface area contributed by atoms with Crippen molar-refractivity contribution in [2.45, 2.75) is 28.8 Å². The van der Waals surface area contributed by atoms with E-state index in [1.165, 1.54) is 36.0 Å². The van der Waals surface area contributed by atoms with Gasteiger partial charge in [0.15, 0.2) is 0 Å². The summed E-state index contributed by atoms with van der Waals surface area (Å²) in [6.07, 6.45) is -3.94. The number of amides is 2. The number of thioether (sulfide) groups is 1. The van der Waals surface area contributed by atoms with Gasteiger partial charge in [0, 0.05) is 16.0 Å². The Labute approximate surface area is 215 Å². The lowest BCUT2D eigenvalue weighted by molar-refractivity contribution is -0.137. The average Bonchev–Trinajstić information content (AvgIpc) is 3.58. The Morgan fingerprint density at radius 1 is 0.946 bits per heavy atom. The van der Waals surface area contributed by atoms with E-state index in [1.807, 2.05) is 0 Å². The van der Waals surface area contributed by atoms with Gasteiger partial charge in [-0.2, -0.15) is 13.2 Å². The molecule has 2 aliphatic heterocycles. The molecule has 2 aliphatic carbocycles. The van der Waals surface area contributed by atoms with Gasteiger partial charge in [-0.05, 0) is 60.1 Å². The van der Waals surface area contributed by atoms with Gasteiger partial charge in [0.25, 0.3) is 0 Å². The number of aromatic amines is 1. The third kappa shape index (κ3) is 3.26. The van der Waals surface area contributed by atoms with Gasteiger partial charge in [-0.3, -0.25) is 19.3 Å². The summed E-state index contributed by atoms with van der Waals surface area (Å²) >= 11 is 2.63. The van der Waals surface area contributed by atoms with Gasteiger partial charge >= 0.3 is 11.0 Å². The van der Waals surface area contributed by atoms with Crippen LogP contribution in [0.15, 0.2) is 58.4 Å². The normalized spacial score (nSPS) is 32.0. The van der Waals surface area contributed by atoms with Gasteiger partial charge in [-0.1, -0.05) is 29.5 Å². The molecule has 7 atom stereocenters. The number of nitrogens with zero attached hydrogens (tertiary/aromatic N) is 1. The lowest BCUT2D eigenvalue weighted by Gasteiger charge is -2.43. The van der Waals surface area contributed by atoms with Gasteiger partial charge < -0.3 is 4.98 Å². The summed E-state index contributed by atoms with van der Waals surface area (Å²) in [6, 6.07) is 10.5. The zero-order valence-electron chi connectivity index (χ0n) is 18.9. The number of thiazole rings is 1. The first-order valence-electron chi connectivity index (χ1n) is 11.8. The monoisotopic (exact) mass is 546 g/mol. The van der Waals surface area contributed by atoms with E-state index in [0.717, 1.165) is 43.8 Å². The highest BCUT2D eigenvalue weighted by molar-refractivity contribution is 8.00. The molecule has 0 radical (unpaired) electrons. The Bertz CT molecular complexity index is 1510. The number of aromatic nitrogens is 1. The van der Waals surface area contributed by atoms with E-state index in [4.69, 9.17) is 0 Å². The largest absolute Gasteiger partial charge is 0.416 e. The highest BCUT2D eigenvalue weighted by Gasteiger charge is 2.69. The van der Waals surface area contributed by atoms with Crippen molar-refractivity contribution in [1.82, 2.24) is 4.98 Å². The van der Waals surface area contributed by atoms with E-state index in [9.17, 15) is 31.9 Å². The summed E-state index contributed by atoms with van der Waals surface area (Å²) in [7, 11) is 0. The van der Waals surface area contributed by atoms with Crippen LogP contribution in [-0.4, -0.2) is 22.0 Å². The summed E-state index contributed by atoms with van der Waals surface area (Å²) in [4.78, 5) is 44.0. The summed E-state index contributed by atoms with van der Waals surface area (Å²) in [5.41, 5.74) is -0.142. The van der Waals surface area contributed by atoms with E-state index in [-0.39, 0.29) is 45.3 Å². The molecule has 3 heterocycles. The number of fused-ring (bicyclic) bond motifs is 9. The Morgan fingerprint density at radius 3 is 2.35 bits per heavy atom. The van der Waals surface area contributed by atoms with Crippen molar-refractivity contribution >= 4 is 40.6 Å². The highest BCUT2D eigenvalue weighted by Crippen LogP contribution is 2.68. The molecule has 1 aromatic heterocycles. The van der Waals surface area contributed by atoms with Crippen molar-refractivity contribution in [3.63, 3.8) is 0 Å². The number of carbonyl (C=O) groups is 2. The minimum Gasteiger partial charge on any atom is -0.307 e. The van der Waals surface area contributed by atoms with Crippen LogP contribution in [0.4, 0.5) is 23.2 Å². The van der Waals surface area contributed by atoms with Crippen molar-refractivity contribution in [1.29, 1.82) is 0 Å². The summed E-state index contributed by atoms with van der Waals surface area (Å²) in [6.45, 7) is 0. The second-order valence-electron chi connectivity index (χ2n) is 10.1. The third-order valence-corrected chi connectivity index (χ3v) is 11.0. The van der Waals surface area contributed by atoms with Crippen LogP contribution in [0.5, 0.6) is 0 Å². The van der Waals surface area contributed by atoms with Crippen LogP contribution in [0.2, 0.25) is 0 Å². The summed E-state index contributed by atoms with van der Waals surface area (Å²) in [5, 5.41) is 0.679. The lowest BCUT2D eigenvalue weighted by Crippen LogP contribution is -2.42. The number of nitrogens with one attached hydrogen (secondary N) is 1. The van der Waals surface area contributed by atoms with E-state index in [2.05, 4.69) is 4.98 Å². The summed E-state index contributed by atoms with van der Waals surface area (Å²) in [5.74, 6) is -3.19. The number of hydrogen-bond acceptors (Lipinski definition) is 5. The number of imide groups is 1. The molecule has 3 aromatic rings. The number of anilines is 1. The molecule has 2 saturated carbocycles. The lowest BCUT2D eigenvalue weighted by atomic mass is 9.68. The van der Waals surface area contributed by atoms with Crippen molar-refractivity contribution in [3.05, 3.63) is 80.0 Å². The Hall–Kier alpha value is -2.92. The molecule has 0 unspecified atom stereocenters. The SMILES string of the molecule is O=C1[C@@H]2[C@H]3C[C@@H]([C@@H]4Sc5[nH]c(=O)sc5[C@H](c5ccc(F)cc5)[C@@H]34)[C@H]2C(=O)N1c1cccc(C(F)(F)F)c1. The third-order valence-electron chi connectivity index (χ3n) is 8.38. The maximum absolute atomic E-state index is 13.7. The first kappa shape index (κ1) is 23.2. The van der Waals surface area contributed by atoms with Crippen LogP contribution in [-0.2, 0) is 15.8 Å². The van der Waals surface area contributed by atoms with Gasteiger partial charge in [0.1, 0.15) is 5.82 Å². The molecule has 5 nitrogen and oxygen atoms in total. The minimum atomic E-state index is -4.60. The predicted molar refractivity (Wildman–Crippen MR) is 129 cm³/mol. The first-order valence-corrected chi connectivity index (χ1v) is 13.5. The highest BCUT2D eigenvalue weighted by atomic mass is 32.2. The molecule has 7 rings (SSSR count). The number of rotatable bonds is 2. The Kier molecular flexibility index (Phi) is 4.89. The van der Waals surface area contributed by atoms with Crippen molar-refractivity contribution in [2.24, 2.45) is 29.6 Å². The smallest absolute Gasteiger partial charge is 0.307 e. The Balaban J connectivity index is 1.30. The number of halogens is 4. The van der Waals surface area contributed by atoms with E-state index >= 15 is 0 Å². The molecule has 1 N–H and O–H groups in total. The van der Waals surface area contributed by atoms with E-state index in [0.29, 0.717) is 6.42 Å². The van der Waals surface area contributed by atoms with E-state index in [1.54, 1.807) is 12.1 Å². The second kappa shape index (κ2) is 7.80.